The van der Waals surface area contributed by atoms with Crippen molar-refractivity contribution in [2.75, 3.05) is 72.2 Å². The van der Waals surface area contributed by atoms with Crippen LogP contribution in [0.15, 0.2) is 48.5 Å². The number of ether oxygens (including phenoxy) is 4. The lowest BCUT2D eigenvalue weighted by molar-refractivity contribution is 0.226. The van der Waals surface area contributed by atoms with Gasteiger partial charge in [0.25, 0.3) is 0 Å². The minimum atomic E-state index is 0.0694. The first kappa shape index (κ1) is 43.3. The Bertz CT molecular complexity index is 1790. The van der Waals surface area contributed by atoms with Crippen LogP contribution in [0.4, 0.5) is 0 Å². The summed E-state index contributed by atoms with van der Waals surface area (Å²) in [4.78, 5) is 12.8. The van der Waals surface area contributed by atoms with Gasteiger partial charge in [-0.15, -0.1) is 0 Å². The fourth-order valence-corrected chi connectivity index (χ4v) is 7.48. The molecule has 4 bridgehead atoms. The molecular formula is C47H71N5O4. The molecule has 0 amide bonds. The van der Waals surface area contributed by atoms with Crippen LogP contribution in [0.1, 0.15) is 106 Å². The number of aryl methyl sites for hydroxylation is 1. The second-order valence-corrected chi connectivity index (χ2v) is 16.1. The quantitative estimate of drug-likeness (QED) is 0.0824. The van der Waals surface area contributed by atoms with Gasteiger partial charge in [-0.2, -0.15) is 0 Å². The Morgan fingerprint density at radius 1 is 0.768 bits per heavy atom. The summed E-state index contributed by atoms with van der Waals surface area (Å²) in [5.74, 6) is 4.90. The summed E-state index contributed by atoms with van der Waals surface area (Å²) >= 11 is 0. The van der Waals surface area contributed by atoms with E-state index >= 15 is 0 Å². The summed E-state index contributed by atoms with van der Waals surface area (Å²) in [6.07, 6.45) is 4.87. The average molecular weight is 770 g/mol. The van der Waals surface area contributed by atoms with E-state index in [2.05, 4.69) is 124 Å². The molecule has 308 valence electrons. The molecule has 4 aromatic rings. The van der Waals surface area contributed by atoms with Gasteiger partial charge in [0.05, 0.1) is 30.9 Å². The molecule has 0 saturated heterocycles. The van der Waals surface area contributed by atoms with E-state index in [9.17, 15) is 0 Å². The van der Waals surface area contributed by atoms with Gasteiger partial charge in [-0.05, 0) is 87.6 Å². The summed E-state index contributed by atoms with van der Waals surface area (Å²) in [5.41, 5.74) is 5.36. The molecule has 3 aromatic carbocycles. The van der Waals surface area contributed by atoms with E-state index in [1.54, 1.807) is 0 Å². The number of fused-ring (bicyclic) bond motifs is 4. The van der Waals surface area contributed by atoms with Gasteiger partial charge in [-0.1, -0.05) is 80.9 Å². The number of rotatable bonds is 20. The Labute approximate surface area is 338 Å². The highest BCUT2D eigenvalue weighted by Gasteiger charge is 2.24. The van der Waals surface area contributed by atoms with Gasteiger partial charge in [0.1, 0.15) is 34.3 Å². The van der Waals surface area contributed by atoms with E-state index in [0.717, 1.165) is 154 Å². The molecule has 0 spiro atoms. The van der Waals surface area contributed by atoms with Crippen LogP contribution in [0.5, 0.6) is 28.7 Å². The van der Waals surface area contributed by atoms with Crippen molar-refractivity contribution < 1.29 is 18.9 Å². The highest BCUT2D eigenvalue weighted by Crippen LogP contribution is 2.42. The summed E-state index contributed by atoms with van der Waals surface area (Å²) in [5, 5.41) is 0. The molecule has 9 heteroatoms. The smallest absolute Gasteiger partial charge is 0.150 e. The van der Waals surface area contributed by atoms with Gasteiger partial charge >= 0.3 is 0 Å². The molecule has 0 saturated carbocycles. The normalized spacial score (nSPS) is 13.8. The van der Waals surface area contributed by atoms with Crippen LogP contribution in [0, 0.1) is 0 Å². The summed E-state index contributed by atoms with van der Waals surface area (Å²) < 4.78 is 29.0. The predicted molar refractivity (Wildman–Crippen MR) is 232 cm³/mol. The van der Waals surface area contributed by atoms with Crippen LogP contribution in [0.3, 0.4) is 0 Å². The van der Waals surface area contributed by atoms with Crippen molar-refractivity contribution in [2.45, 2.75) is 113 Å². The molecule has 9 nitrogen and oxygen atoms in total. The van der Waals surface area contributed by atoms with Gasteiger partial charge in [0.2, 0.25) is 0 Å². The first-order valence-electron chi connectivity index (χ1n) is 21.7. The SMILES string of the molecule is CCCCn1c2nc3c(cc(Oc4ccc(C(C)(C)C)cc4)cc31)OCCCN(CC)Cc1cc-2c(OCCCN(CC)CC)cc1OCCCN(CC)CC. The number of unbranched alkanes of at least 4 members (excludes halogenated alkanes) is 1. The van der Waals surface area contributed by atoms with Gasteiger partial charge in [0, 0.05) is 56.5 Å². The van der Waals surface area contributed by atoms with Crippen LogP contribution >= 0.6 is 0 Å². The Hall–Kier alpha value is -3.79. The predicted octanol–water partition coefficient (Wildman–Crippen LogP) is 10.4. The molecule has 1 aliphatic rings. The zero-order chi connectivity index (χ0) is 40.1. The third-order valence-corrected chi connectivity index (χ3v) is 11.1. The molecule has 0 aliphatic carbocycles. The van der Waals surface area contributed by atoms with Crippen molar-refractivity contribution in [3.8, 4) is 40.1 Å². The van der Waals surface area contributed by atoms with E-state index in [-0.39, 0.29) is 5.41 Å². The first-order valence-corrected chi connectivity index (χ1v) is 21.7. The fourth-order valence-electron chi connectivity index (χ4n) is 7.48. The van der Waals surface area contributed by atoms with E-state index in [4.69, 9.17) is 23.9 Å². The lowest BCUT2D eigenvalue weighted by atomic mass is 9.87. The Balaban J connectivity index is 1.63. The van der Waals surface area contributed by atoms with Gasteiger partial charge in [0.15, 0.2) is 5.75 Å². The lowest BCUT2D eigenvalue weighted by Crippen LogP contribution is -2.26. The van der Waals surface area contributed by atoms with Crippen molar-refractivity contribution in [3.63, 3.8) is 0 Å². The number of benzene rings is 3. The van der Waals surface area contributed by atoms with Crippen LogP contribution < -0.4 is 18.9 Å². The zero-order valence-corrected chi connectivity index (χ0v) is 36.2. The van der Waals surface area contributed by atoms with Crippen molar-refractivity contribution in [1.82, 2.24) is 24.3 Å². The molecule has 5 rings (SSSR count). The largest absolute Gasteiger partial charge is 0.493 e. The number of nitrogens with zero attached hydrogens (tertiary/aromatic N) is 5. The maximum atomic E-state index is 6.79. The third kappa shape index (κ3) is 11.4. The van der Waals surface area contributed by atoms with E-state index in [1.165, 1.54) is 5.56 Å². The monoisotopic (exact) mass is 770 g/mol. The number of imidazole rings is 1. The minimum Gasteiger partial charge on any atom is -0.493 e. The van der Waals surface area contributed by atoms with Crippen LogP contribution in [0.25, 0.3) is 22.4 Å². The molecule has 0 atom stereocenters. The average Bonchev–Trinajstić information content (AvgIpc) is 3.56. The lowest BCUT2D eigenvalue weighted by Gasteiger charge is -2.24. The maximum Gasteiger partial charge on any atom is 0.150 e. The maximum absolute atomic E-state index is 6.79. The molecule has 56 heavy (non-hydrogen) atoms. The fraction of sp³-hybridized carbons (Fsp3) is 0.596. The summed E-state index contributed by atoms with van der Waals surface area (Å²) in [6, 6.07) is 17.1. The van der Waals surface area contributed by atoms with Crippen LogP contribution in [-0.2, 0) is 18.5 Å². The standard InChI is InChI=1S/C47H71N5O4/c1-10-16-27-52-41-32-39(56-38-22-20-37(21-23-38)47(7,8)9)33-44-45(41)48-46(52)40-31-36(35-51(15-6)26-19-30-55-44)42(53-28-17-24-49(11-2)12-3)34-43(40)54-29-18-25-50(13-4)14-5/h20-23,31-34H,10-19,24-30,35H2,1-9H3. The third-order valence-electron chi connectivity index (χ3n) is 11.1. The minimum absolute atomic E-state index is 0.0694. The Morgan fingerprint density at radius 3 is 2.04 bits per heavy atom. The Kier molecular flexibility index (Phi) is 16.3. The van der Waals surface area contributed by atoms with Crippen molar-refractivity contribution in [2.24, 2.45) is 0 Å². The second kappa shape index (κ2) is 21.1. The molecule has 0 N–H and O–H groups in total. The molecule has 0 radical (unpaired) electrons. The van der Waals surface area contributed by atoms with Crippen molar-refractivity contribution in [1.29, 1.82) is 0 Å². The van der Waals surface area contributed by atoms with Gasteiger partial charge in [-0.3, -0.25) is 4.90 Å². The molecule has 0 fully saturated rings. The van der Waals surface area contributed by atoms with Gasteiger partial charge < -0.3 is 33.3 Å². The van der Waals surface area contributed by atoms with E-state index in [0.29, 0.717) is 19.8 Å². The van der Waals surface area contributed by atoms with Crippen LogP contribution in [-0.4, -0.2) is 96.4 Å². The van der Waals surface area contributed by atoms with Gasteiger partial charge in [-0.25, -0.2) is 4.98 Å². The first-order chi connectivity index (χ1) is 27.1. The van der Waals surface area contributed by atoms with Crippen molar-refractivity contribution in [3.05, 3.63) is 59.7 Å². The number of aromatic nitrogens is 2. The summed E-state index contributed by atoms with van der Waals surface area (Å²) in [7, 11) is 0. The molecule has 1 aliphatic heterocycles. The summed E-state index contributed by atoms with van der Waals surface area (Å²) in [6.45, 7) is 31.5. The zero-order valence-electron chi connectivity index (χ0n) is 36.2. The highest BCUT2D eigenvalue weighted by molar-refractivity contribution is 5.88. The second-order valence-electron chi connectivity index (χ2n) is 16.1. The number of hydrogen-bond acceptors (Lipinski definition) is 8. The van der Waals surface area contributed by atoms with Crippen molar-refractivity contribution >= 4 is 11.0 Å². The van der Waals surface area contributed by atoms with Crippen LogP contribution in [0.2, 0.25) is 0 Å². The highest BCUT2D eigenvalue weighted by atomic mass is 16.5. The number of hydrogen-bond donors (Lipinski definition) is 0. The Morgan fingerprint density at radius 2 is 1.43 bits per heavy atom. The van der Waals surface area contributed by atoms with E-state index < -0.39 is 0 Å². The van der Waals surface area contributed by atoms with E-state index in [1.807, 2.05) is 6.07 Å². The molecule has 0 unspecified atom stereocenters. The molecule has 1 aromatic heterocycles. The molecule has 2 heterocycles. The topological polar surface area (TPSA) is 64.5 Å². The molecular weight excluding hydrogens is 699 g/mol.